The van der Waals surface area contributed by atoms with Gasteiger partial charge in [0.15, 0.2) is 0 Å². The van der Waals surface area contributed by atoms with Gasteiger partial charge in [-0.25, -0.2) is 0 Å². The van der Waals surface area contributed by atoms with Crippen molar-refractivity contribution in [1.29, 1.82) is 0 Å². The first kappa shape index (κ1) is 14.0. The van der Waals surface area contributed by atoms with Crippen LogP contribution in [0.2, 0.25) is 0 Å². The molecule has 1 saturated heterocycles. The van der Waals surface area contributed by atoms with E-state index in [1.54, 1.807) is 0 Å². The van der Waals surface area contributed by atoms with Crippen LogP contribution in [0.3, 0.4) is 0 Å². The van der Waals surface area contributed by atoms with Crippen molar-refractivity contribution in [3.63, 3.8) is 0 Å². The van der Waals surface area contributed by atoms with Crippen LogP contribution in [0.5, 0.6) is 0 Å². The molecule has 4 bridgehead atoms. The highest BCUT2D eigenvalue weighted by atomic mass is 16.3. The molecule has 0 radical (unpaired) electrons. The maximum atomic E-state index is 13.3. The summed E-state index contributed by atoms with van der Waals surface area (Å²) in [6.07, 6.45) is 11.9. The SMILES string of the molecule is O=C(N1CCCC1CCCO)C12CC3CC(CC(C3)C1)C2. The summed E-state index contributed by atoms with van der Waals surface area (Å²) in [5.74, 6) is 3.04. The van der Waals surface area contributed by atoms with E-state index in [-0.39, 0.29) is 12.0 Å². The minimum atomic E-state index is 0.0244. The Labute approximate surface area is 128 Å². The molecule has 3 heteroatoms. The summed E-state index contributed by atoms with van der Waals surface area (Å²) in [6, 6.07) is 0.414. The molecule has 1 N–H and O–H groups in total. The van der Waals surface area contributed by atoms with E-state index in [1.807, 2.05) is 0 Å². The van der Waals surface area contributed by atoms with Crippen LogP contribution in [0.25, 0.3) is 0 Å². The summed E-state index contributed by atoms with van der Waals surface area (Å²) in [5.41, 5.74) is 0.0244. The van der Waals surface area contributed by atoms with Gasteiger partial charge in [0, 0.05) is 19.2 Å². The molecule has 1 amide bonds. The number of hydrogen-bond acceptors (Lipinski definition) is 2. The lowest BCUT2D eigenvalue weighted by Gasteiger charge is -2.56. The third-order valence-electron chi connectivity index (χ3n) is 6.83. The molecular weight excluding hydrogens is 262 g/mol. The second-order valence-electron chi connectivity index (χ2n) is 8.36. The third-order valence-corrected chi connectivity index (χ3v) is 6.83. The van der Waals surface area contributed by atoms with E-state index in [4.69, 9.17) is 5.11 Å². The number of aliphatic hydroxyl groups excluding tert-OH is 1. The Morgan fingerprint density at radius 3 is 2.29 bits per heavy atom. The quantitative estimate of drug-likeness (QED) is 0.865. The number of hydrogen-bond donors (Lipinski definition) is 1. The molecule has 1 heterocycles. The van der Waals surface area contributed by atoms with Crippen LogP contribution in [0, 0.1) is 23.2 Å². The fourth-order valence-electron chi connectivity index (χ4n) is 6.41. The maximum Gasteiger partial charge on any atom is 0.229 e. The number of rotatable bonds is 4. The van der Waals surface area contributed by atoms with Gasteiger partial charge in [-0.2, -0.15) is 0 Å². The molecule has 5 fully saturated rings. The van der Waals surface area contributed by atoms with Crippen molar-refractivity contribution in [3.05, 3.63) is 0 Å². The van der Waals surface area contributed by atoms with E-state index in [9.17, 15) is 4.79 Å². The first-order chi connectivity index (χ1) is 10.2. The van der Waals surface area contributed by atoms with E-state index in [0.29, 0.717) is 11.9 Å². The van der Waals surface area contributed by atoms with Crippen molar-refractivity contribution in [2.24, 2.45) is 23.2 Å². The molecule has 0 aromatic heterocycles. The van der Waals surface area contributed by atoms with Crippen LogP contribution in [-0.2, 0) is 4.79 Å². The molecule has 21 heavy (non-hydrogen) atoms. The first-order valence-corrected chi connectivity index (χ1v) is 9.12. The van der Waals surface area contributed by atoms with Gasteiger partial charge >= 0.3 is 0 Å². The van der Waals surface area contributed by atoms with Crippen LogP contribution in [0.1, 0.15) is 64.2 Å². The number of likely N-dealkylation sites (tertiary alicyclic amines) is 1. The monoisotopic (exact) mass is 291 g/mol. The Hall–Kier alpha value is -0.570. The number of aliphatic hydroxyl groups is 1. The molecule has 0 aromatic rings. The summed E-state index contributed by atoms with van der Waals surface area (Å²) in [5, 5.41) is 9.08. The van der Waals surface area contributed by atoms with Crippen molar-refractivity contribution in [2.45, 2.75) is 70.3 Å². The first-order valence-electron chi connectivity index (χ1n) is 9.12. The Kier molecular flexibility index (Phi) is 3.52. The van der Waals surface area contributed by atoms with Gasteiger partial charge < -0.3 is 10.0 Å². The molecule has 118 valence electrons. The molecule has 0 aromatic carbocycles. The summed E-state index contributed by atoms with van der Waals surface area (Å²) in [6.45, 7) is 1.23. The highest BCUT2D eigenvalue weighted by molar-refractivity contribution is 5.84. The van der Waals surface area contributed by atoms with Crippen molar-refractivity contribution < 1.29 is 9.90 Å². The van der Waals surface area contributed by atoms with E-state index < -0.39 is 0 Å². The van der Waals surface area contributed by atoms with Gasteiger partial charge in [-0.05, 0) is 82.0 Å². The van der Waals surface area contributed by atoms with Crippen molar-refractivity contribution in [3.8, 4) is 0 Å². The normalized spacial score (nSPS) is 44.5. The minimum absolute atomic E-state index is 0.0244. The van der Waals surface area contributed by atoms with Crippen LogP contribution < -0.4 is 0 Å². The summed E-state index contributed by atoms with van der Waals surface area (Å²) in [4.78, 5) is 15.6. The highest BCUT2D eigenvalue weighted by Crippen LogP contribution is 2.60. The molecule has 0 spiro atoms. The standard InChI is InChI=1S/C18H29NO2/c20-6-2-4-16-3-1-5-19(16)17(21)18-10-13-7-14(11-18)9-15(8-13)12-18/h13-16,20H,1-12H2. The predicted octanol–water partition coefficient (Wildman–Crippen LogP) is 2.97. The van der Waals surface area contributed by atoms with E-state index in [1.165, 1.54) is 38.5 Å². The fourth-order valence-corrected chi connectivity index (χ4v) is 6.41. The maximum absolute atomic E-state index is 13.3. The Morgan fingerprint density at radius 1 is 1.10 bits per heavy atom. The minimum Gasteiger partial charge on any atom is -0.396 e. The van der Waals surface area contributed by atoms with Gasteiger partial charge in [0.25, 0.3) is 0 Å². The average Bonchev–Trinajstić information content (AvgIpc) is 2.91. The van der Waals surface area contributed by atoms with Gasteiger partial charge in [-0.15, -0.1) is 0 Å². The lowest BCUT2D eigenvalue weighted by molar-refractivity contribution is -0.158. The molecular formula is C18H29NO2. The second-order valence-corrected chi connectivity index (χ2v) is 8.36. The molecule has 1 aliphatic heterocycles. The summed E-state index contributed by atoms with van der Waals surface area (Å²) >= 11 is 0. The number of amides is 1. The smallest absolute Gasteiger partial charge is 0.229 e. The van der Waals surface area contributed by atoms with Gasteiger partial charge in [-0.3, -0.25) is 4.79 Å². The molecule has 1 atom stereocenters. The molecule has 3 nitrogen and oxygen atoms in total. The summed E-state index contributed by atoms with van der Waals surface area (Å²) < 4.78 is 0. The lowest BCUT2D eigenvalue weighted by Crippen LogP contribution is -2.55. The van der Waals surface area contributed by atoms with Gasteiger partial charge in [0.1, 0.15) is 0 Å². The average molecular weight is 291 g/mol. The van der Waals surface area contributed by atoms with Crippen molar-refractivity contribution in [2.75, 3.05) is 13.2 Å². The zero-order valence-electron chi connectivity index (χ0n) is 13.1. The van der Waals surface area contributed by atoms with Gasteiger partial charge in [0.2, 0.25) is 5.91 Å². The Morgan fingerprint density at radius 2 is 1.71 bits per heavy atom. The van der Waals surface area contributed by atoms with Crippen LogP contribution >= 0.6 is 0 Å². The zero-order valence-corrected chi connectivity index (χ0v) is 13.1. The second kappa shape index (κ2) is 5.26. The topological polar surface area (TPSA) is 40.5 Å². The molecule has 5 aliphatic rings. The number of nitrogens with zero attached hydrogens (tertiary/aromatic N) is 1. The van der Waals surface area contributed by atoms with Crippen LogP contribution in [0.4, 0.5) is 0 Å². The Balaban J connectivity index is 1.51. The zero-order chi connectivity index (χ0) is 14.4. The van der Waals surface area contributed by atoms with E-state index >= 15 is 0 Å². The molecule has 1 unspecified atom stereocenters. The van der Waals surface area contributed by atoms with Gasteiger partial charge in [-0.1, -0.05) is 0 Å². The fraction of sp³-hybridized carbons (Fsp3) is 0.944. The van der Waals surface area contributed by atoms with Crippen molar-refractivity contribution >= 4 is 5.91 Å². The molecule has 4 saturated carbocycles. The van der Waals surface area contributed by atoms with Crippen LogP contribution in [0.15, 0.2) is 0 Å². The highest BCUT2D eigenvalue weighted by Gasteiger charge is 2.56. The van der Waals surface area contributed by atoms with E-state index in [0.717, 1.165) is 50.0 Å². The largest absolute Gasteiger partial charge is 0.396 e. The third kappa shape index (κ3) is 2.32. The summed E-state index contributed by atoms with van der Waals surface area (Å²) in [7, 11) is 0. The molecule has 4 aliphatic carbocycles. The van der Waals surface area contributed by atoms with E-state index in [2.05, 4.69) is 4.90 Å². The van der Waals surface area contributed by atoms with Gasteiger partial charge in [0.05, 0.1) is 5.41 Å². The molecule has 5 rings (SSSR count). The lowest BCUT2D eigenvalue weighted by atomic mass is 9.49. The van der Waals surface area contributed by atoms with Crippen LogP contribution in [-0.4, -0.2) is 35.1 Å². The van der Waals surface area contributed by atoms with Crippen molar-refractivity contribution in [1.82, 2.24) is 4.90 Å². The predicted molar refractivity (Wildman–Crippen MR) is 81.7 cm³/mol. The number of carbonyl (C=O) groups excluding carboxylic acids is 1. The number of carbonyl (C=O) groups is 1. The Bertz CT molecular complexity index is 384.